The zero-order chi connectivity index (χ0) is 21.5. The van der Waals surface area contributed by atoms with E-state index in [-0.39, 0.29) is 6.04 Å². The van der Waals surface area contributed by atoms with Gasteiger partial charge in [-0.05, 0) is 37.1 Å². The third-order valence-electron chi connectivity index (χ3n) is 6.38. The fourth-order valence-electron chi connectivity index (χ4n) is 4.38. The molecule has 8 heteroatoms. The summed E-state index contributed by atoms with van der Waals surface area (Å²) in [4.78, 5) is 16.7. The van der Waals surface area contributed by atoms with Crippen LogP contribution in [0.3, 0.4) is 0 Å². The molecule has 4 heterocycles. The summed E-state index contributed by atoms with van der Waals surface area (Å²) in [6.45, 7) is 4.12. The molecule has 164 valence electrons. The highest BCUT2D eigenvalue weighted by Crippen LogP contribution is 2.28. The zero-order valence-electron chi connectivity index (χ0n) is 17.9. The lowest BCUT2D eigenvalue weighted by molar-refractivity contribution is -0.0508. The number of imidazole rings is 1. The highest BCUT2D eigenvalue weighted by molar-refractivity contribution is 5.89. The van der Waals surface area contributed by atoms with Crippen molar-refractivity contribution >= 4 is 27.8 Å². The maximum atomic E-state index is 6.10. The Bertz CT molecular complexity index is 1260. The van der Waals surface area contributed by atoms with Crippen molar-refractivity contribution in [3.05, 3.63) is 48.9 Å². The van der Waals surface area contributed by atoms with Gasteiger partial charge in [0.2, 0.25) is 0 Å². The van der Waals surface area contributed by atoms with E-state index in [0.29, 0.717) is 12.5 Å². The second-order valence-electron chi connectivity index (χ2n) is 8.68. The highest BCUT2D eigenvalue weighted by Gasteiger charge is 2.20. The third kappa shape index (κ3) is 3.55. The van der Waals surface area contributed by atoms with Gasteiger partial charge in [-0.2, -0.15) is 0 Å². The number of benzene rings is 2. The van der Waals surface area contributed by atoms with E-state index < -0.39 is 0 Å². The molecule has 2 saturated heterocycles. The highest BCUT2D eigenvalue weighted by atomic mass is 16.5. The molecule has 32 heavy (non-hydrogen) atoms. The van der Waals surface area contributed by atoms with E-state index in [4.69, 9.17) is 25.2 Å². The lowest BCUT2D eigenvalue weighted by Crippen LogP contribution is -2.39. The molecule has 0 radical (unpaired) electrons. The van der Waals surface area contributed by atoms with Gasteiger partial charge in [0.25, 0.3) is 0 Å². The van der Waals surface area contributed by atoms with Crippen LogP contribution in [0.2, 0.25) is 0 Å². The Morgan fingerprint density at radius 3 is 2.75 bits per heavy atom. The number of anilines is 1. The fraction of sp³-hybridized carbons (Fsp3) is 0.375. The van der Waals surface area contributed by atoms with E-state index in [1.807, 2.05) is 34.9 Å². The van der Waals surface area contributed by atoms with Gasteiger partial charge in [0.1, 0.15) is 17.6 Å². The molecule has 6 rings (SSSR count). The Labute approximate surface area is 186 Å². The van der Waals surface area contributed by atoms with Crippen molar-refractivity contribution in [3.8, 4) is 11.6 Å². The standard InChI is InChI=1S/C24H26N6O2/c25-17-6-8-29(9-7-17)22-3-1-2-19-24(22)28-23(11-26-19)30-15-27-20-10-18(4-5-21(20)30)32-14-16-12-31-13-16/h1-5,10-11,15-17H,6-9,12-14,25H2. The summed E-state index contributed by atoms with van der Waals surface area (Å²) in [5.74, 6) is 2.06. The monoisotopic (exact) mass is 430 g/mol. The van der Waals surface area contributed by atoms with Gasteiger partial charge in [0, 0.05) is 31.1 Å². The first kappa shape index (κ1) is 19.5. The summed E-state index contributed by atoms with van der Waals surface area (Å²) >= 11 is 0. The van der Waals surface area contributed by atoms with Crippen LogP contribution < -0.4 is 15.4 Å². The smallest absolute Gasteiger partial charge is 0.157 e. The van der Waals surface area contributed by atoms with Crippen LogP contribution in [-0.4, -0.2) is 58.5 Å². The quantitative estimate of drug-likeness (QED) is 0.520. The van der Waals surface area contributed by atoms with E-state index in [0.717, 1.165) is 78.5 Å². The molecule has 0 unspecified atom stereocenters. The predicted octanol–water partition coefficient (Wildman–Crippen LogP) is 2.92. The SMILES string of the molecule is NC1CCN(c2cccc3ncc(-n4cnc5cc(OCC6COC6)ccc54)nc23)CC1. The minimum absolute atomic E-state index is 0.288. The Kier molecular flexibility index (Phi) is 4.88. The maximum absolute atomic E-state index is 6.10. The molecule has 2 aromatic heterocycles. The molecule has 0 amide bonds. The molecule has 2 N–H and O–H groups in total. The number of nitrogens with two attached hydrogens (primary N) is 1. The van der Waals surface area contributed by atoms with Crippen LogP contribution in [0.5, 0.6) is 5.75 Å². The van der Waals surface area contributed by atoms with Crippen LogP contribution in [0.15, 0.2) is 48.9 Å². The molecule has 0 atom stereocenters. The second kappa shape index (κ2) is 8.03. The third-order valence-corrected chi connectivity index (χ3v) is 6.38. The number of piperidine rings is 1. The predicted molar refractivity (Wildman–Crippen MR) is 123 cm³/mol. The first-order valence-electron chi connectivity index (χ1n) is 11.2. The van der Waals surface area contributed by atoms with Crippen molar-refractivity contribution < 1.29 is 9.47 Å². The van der Waals surface area contributed by atoms with Gasteiger partial charge in [0.15, 0.2) is 5.82 Å². The van der Waals surface area contributed by atoms with Gasteiger partial charge in [-0.25, -0.2) is 9.97 Å². The van der Waals surface area contributed by atoms with Crippen LogP contribution in [-0.2, 0) is 4.74 Å². The molecule has 2 aromatic carbocycles. The van der Waals surface area contributed by atoms with Gasteiger partial charge in [0.05, 0.1) is 48.3 Å². The molecule has 4 aromatic rings. The maximum Gasteiger partial charge on any atom is 0.157 e. The second-order valence-corrected chi connectivity index (χ2v) is 8.68. The van der Waals surface area contributed by atoms with Gasteiger partial charge in [-0.15, -0.1) is 0 Å². The van der Waals surface area contributed by atoms with Crippen molar-refractivity contribution in [2.45, 2.75) is 18.9 Å². The number of para-hydroxylation sites is 1. The van der Waals surface area contributed by atoms with E-state index in [2.05, 4.69) is 16.0 Å². The number of fused-ring (bicyclic) bond motifs is 2. The summed E-state index contributed by atoms with van der Waals surface area (Å²) in [7, 11) is 0. The van der Waals surface area contributed by atoms with Crippen LogP contribution in [0, 0.1) is 5.92 Å². The molecule has 0 bridgehead atoms. The summed E-state index contributed by atoms with van der Waals surface area (Å²) in [6, 6.07) is 12.5. The van der Waals surface area contributed by atoms with Crippen molar-refractivity contribution in [1.82, 2.24) is 19.5 Å². The van der Waals surface area contributed by atoms with Gasteiger partial charge in [-0.1, -0.05) is 6.07 Å². The van der Waals surface area contributed by atoms with Crippen LogP contribution in [0.4, 0.5) is 5.69 Å². The first-order valence-corrected chi connectivity index (χ1v) is 11.2. The molecule has 8 nitrogen and oxygen atoms in total. The fourth-order valence-corrected chi connectivity index (χ4v) is 4.38. The van der Waals surface area contributed by atoms with E-state index >= 15 is 0 Å². The minimum atomic E-state index is 0.288. The van der Waals surface area contributed by atoms with Crippen molar-refractivity contribution in [2.75, 3.05) is 37.8 Å². The molecular weight excluding hydrogens is 404 g/mol. The van der Waals surface area contributed by atoms with Crippen LogP contribution in [0.25, 0.3) is 27.9 Å². The first-order chi connectivity index (χ1) is 15.7. The number of aromatic nitrogens is 4. The zero-order valence-corrected chi connectivity index (χ0v) is 17.9. The number of rotatable bonds is 5. The number of nitrogens with zero attached hydrogens (tertiary/aromatic N) is 5. The summed E-state index contributed by atoms with van der Waals surface area (Å²) in [6.07, 6.45) is 5.59. The van der Waals surface area contributed by atoms with Gasteiger partial charge in [-0.3, -0.25) is 9.55 Å². The van der Waals surface area contributed by atoms with E-state index in [9.17, 15) is 0 Å². The summed E-state index contributed by atoms with van der Waals surface area (Å²) in [5, 5.41) is 0. The van der Waals surface area contributed by atoms with Gasteiger partial charge < -0.3 is 20.1 Å². The summed E-state index contributed by atoms with van der Waals surface area (Å²) in [5.41, 5.74) is 10.9. The van der Waals surface area contributed by atoms with Crippen molar-refractivity contribution in [3.63, 3.8) is 0 Å². The lowest BCUT2D eigenvalue weighted by atomic mass is 10.1. The minimum Gasteiger partial charge on any atom is -0.493 e. The molecule has 2 aliphatic heterocycles. The number of hydrogen-bond acceptors (Lipinski definition) is 7. The average molecular weight is 431 g/mol. The average Bonchev–Trinajstić information content (AvgIpc) is 3.21. The lowest BCUT2D eigenvalue weighted by Gasteiger charge is -2.32. The molecular formula is C24H26N6O2. The Morgan fingerprint density at radius 1 is 1.06 bits per heavy atom. The Balaban J connectivity index is 1.33. The van der Waals surface area contributed by atoms with E-state index in [1.165, 1.54) is 0 Å². The number of hydrogen-bond donors (Lipinski definition) is 1. The summed E-state index contributed by atoms with van der Waals surface area (Å²) < 4.78 is 13.1. The number of ether oxygens (including phenoxy) is 2. The molecule has 0 spiro atoms. The largest absolute Gasteiger partial charge is 0.493 e. The Hall–Kier alpha value is -3.23. The van der Waals surface area contributed by atoms with Crippen molar-refractivity contribution in [2.24, 2.45) is 11.7 Å². The van der Waals surface area contributed by atoms with Gasteiger partial charge >= 0.3 is 0 Å². The van der Waals surface area contributed by atoms with E-state index in [1.54, 1.807) is 12.5 Å². The Morgan fingerprint density at radius 2 is 1.94 bits per heavy atom. The molecule has 2 fully saturated rings. The normalized spacial score (nSPS) is 17.7. The molecule has 0 saturated carbocycles. The van der Waals surface area contributed by atoms with Crippen molar-refractivity contribution in [1.29, 1.82) is 0 Å². The molecule has 2 aliphatic rings. The van der Waals surface area contributed by atoms with Crippen LogP contribution >= 0.6 is 0 Å². The topological polar surface area (TPSA) is 91.3 Å². The van der Waals surface area contributed by atoms with Crippen LogP contribution in [0.1, 0.15) is 12.8 Å². The molecule has 0 aliphatic carbocycles.